The lowest BCUT2D eigenvalue weighted by Crippen LogP contribution is -2.36. The summed E-state index contributed by atoms with van der Waals surface area (Å²) in [7, 11) is 1.40. The Balaban J connectivity index is 2.51. The quantitative estimate of drug-likeness (QED) is 0.839. The summed E-state index contributed by atoms with van der Waals surface area (Å²) in [5.41, 5.74) is 0.574. The Kier molecular flexibility index (Phi) is 5.63. The lowest BCUT2D eigenvalue weighted by Gasteiger charge is -2.21. The topological polar surface area (TPSA) is 38.3 Å². The number of hydrogen-bond donors (Lipinski definition) is 1. The molecule has 0 bridgehead atoms. The molecule has 1 rings (SSSR count). The van der Waals surface area contributed by atoms with Gasteiger partial charge in [0.2, 0.25) is 0 Å². The lowest BCUT2D eigenvalue weighted by atomic mass is 9.94. The summed E-state index contributed by atoms with van der Waals surface area (Å²) in [5.74, 6) is -0.215. The van der Waals surface area contributed by atoms with Gasteiger partial charge in [-0.1, -0.05) is 17.7 Å². The molecular formula is C13H17BrClNO2. The van der Waals surface area contributed by atoms with Gasteiger partial charge in [-0.3, -0.25) is 4.79 Å². The standard InChI is InChI=1S/C13H17BrClNO2/c1-13(2,12(17)18-3)8-16-7-9-4-5-11(15)10(14)6-9/h4-6,16H,7-8H2,1-3H3. The van der Waals surface area contributed by atoms with Crippen molar-refractivity contribution in [3.63, 3.8) is 0 Å². The first-order chi connectivity index (χ1) is 8.36. The van der Waals surface area contributed by atoms with E-state index in [4.69, 9.17) is 16.3 Å². The highest BCUT2D eigenvalue weighted by Crippen LogP contribution is 2.23. The molecule has 1 N–H and O–H groups in total. The molecule has 0 aliphatic heterocycles. The van der Waals surface area contributed by atoms with Crippen molar-refractivity contribution >= 4 is 33.5 Å². The molecule has 0 spiro atoms. The van der Waals surface area contributed by atoms with Crippen molar-refractivity contribution < 1.29 is 9.53 Å². The zero-order valence-electron chi connectivity index (χ0n) is 10.7. The molecule has 0 aliphatic rings. The molecule has 0 atom stereocenters. The Morgan fingerprint density at radius 2 is 2.17 bits per heavy atom. The summed E-state index contributed by atoms with van der Waals surface area (Å²) in [4.78, 5) is 11.5. The van der Waals surface area contributed by atoms with Gasteiger partial charge in [-0.05, 0) is 47.5 Å². The number of carbonyl (C=O) groups excluding carboxylic acids is 1. The van der Waals surface area contributed by atoms with E-state index in [9.17, 15) is 4.79 Å². The van der Waals surface area contributed by atoms with Gasteiger partial charge in [-0.2, -0.15) is 0 Å². The van der Waals surface area contributed by atoms with Crippen LogP contribution in [0.3, 0.4) is 0 Å². The number of halogens is 2. The molecule has 0 aliphatic carbocycles. The minimum absolute atomic E-state index is 0.215. The molecule has 18 heavy (non-hydrogen) atoms. The Labute approximate surface area is 121 Å². The van der Waals surface area contributed by atoms with Crippen LogP contribution < -0.4 is 5.32 Å². The van der Waals surface area contributed by atoms with Gasteiger partial charge in [0.05, 0.1) is 17.5 Å². The molecule has 0 aromatic heterocycles. The van der Waals surface area contributed by atoms with Gasteiger partial charge in [-0.25, -0.2) is 0 Å². The zero-order chi connectivity index (χ0) is 13.8. The Morgan fingerprint density at radius 1 is 1.50 bits per heavy atom. The van der Waals surface area contributed by atoms with Crippen LogP contribution >= 0.6 is 27.5 Å². The lowest BCUT2D eigenvalue weighted by molar-refractivity contribution is -0.150. The fraction of sp³-hybridized carbons (Fsp3) is 0.462. The molecule has 0 heterocycles. The molecule has 100 valence electrons. The van der Waals surface area contributed by atoms with Gasteiger partial charge >= 0.3 is 5.97 Å². The second-order valence-corrected chi connectivity index (χ2v) is 5.99. The van der Waals surface area contributed by atoms with Gasteiger partial charge in [-0.15, -0.1) is 0 Å². The third-order valence-corrected chi connectivity index (χ3v) is 3.83. The van der Waals surface area contributed by atoms with Crippen LogP contribution in [-0.4, -0.2) is 19.6 Å². The van der Waals surface area contributed by atoms with Crippen LogP contribution in [0.25, 0.3) is 0 Å². The van der Waals surface area contributed by atoms with Gasteiger partial charge in [0.1, 0.15) is 0 Å². The highest BCUT2D eigenvalue weighted by atomic mass is 79.9. The molecule has 1 aromatic carbocycles. The van der Waals surface area contributed by atoms with Crippen molar-refractivity contribution in [2.75, 3.05) is 13.7 Å². The molecule has 1 aromatic rings. The van der Waals surface area contributed by atoms with Crippen molar-refractivity contribution in [1.29, 1.82) is 0 Å². The molecule has 0 saturated carbocycles. The summed E-state index contributed by atoms with van der Waals surface area (Å²) in [6.07, 6.45) is 0. The molecule has 0 saturated heterocycles. The number of benzene rings is 1. The minimum atomic E-state index is -0.529. The van der Waals surface area contributed by atoms with Crippen molar-refractivity contribution in [3.05, 3.63) is 33.3 Å². The number of hydrogen-bond acceptors (Lipinski definition) is 3. The third-order valence-electron chi connectivity index (χ3n) is 2.62. The van der Waals surface area contributed by atoms with Crippen molar-refractivity contribution in [2.24, 2.45) is 5.41 Å². The first kappa shape index (κ1) is 15.5. The molecule has 0 unspecified atom stereocenters. The maximum atomic E-state index is 11.5. The maximum Gasteiger partial charge on any atom is 0.312 e. The Hall–Kier alpha value is -0.580. The van der Waals surface area contributed by atoms with Crippen LogP contribution in [-0.2, 0) is 16.1 Å². The second-order valence-electron chi connectivity index (χ2n) is 4.73. The Morgan fingerprint density at radius 3 is 2.72 bits per heavy atom. The summed E-state index contributed by atoms with van der Waals surface area (Å²) < 4.78 is 5.62. The number of nitrogens with one attached hydrogen (secondary N) is 1. The van der Waals surface area contributed by atoms with E-state index in [2.05, 4.69) is 21.2 Å². The van der Waals surface area contributed by atoms with Crippen LogP contribution in [0.2, 0.25) is 5.02 Å². The molecule has 5 heteroatoms. The van der Waals surface area contributed by atoms with Crippen LogP contribution in [0, 0.1) is 5.41 Å². The SMILES string of the molecule is COC(=O)C(C)(C)CNCc1ccc(Cl)c(Br)c1. The van der Waals surface area contributed by atoms with E-state index in [1.54, 1.807) is 0 Å². The van der Waals surface area contributed by atoms with E-state index in [1.807, 2.05) is 32.0 Å². The predicted octanol–water partition coefficient (Wildman–Crippen LogP) is 3.39. The smallest absolute Gasteiger partial charge is 0.312 e. The van der Waals surface area contributed by atoms with Gasteiger partial charge in [0.15, 0.2) is 0 Å². The zero-order valence-corrected chi connectivity index (χ0v) is 13.1. The summed E-state index contributed by atoms with van der Waals surface area (Å²) in [6.45, 7) is 4.93. The number of carbonyl (C=O) groups is 1. The summed E-state index contributed by atoms with van der Waals surface area (Å²) in [5, 5.41) is 3.93. The Bertz CT molecular complexity index is 435. The van der Waals surface area contributed by atoms with Crippen LogP contribution in [0.1, 0.15) is 19.4 Å². The minimum Gasteiger partial charge on any atom is -0.469 e. The first-order valence-electron chi connectivity index (χ1n) is 5.60. The molecular weight excluding hydrogens is 318 g/mol. The number of rotatable bonds is 5. The predicted molar refractivity (Wildman–Crippen MR) is 76.7 cm³/mol. The second kappa shape index (κ2) is 6.55. The van der Waals surface area contributed by atoms with E-state index in [-0.39, 0.29) is 5.97 Å². The normalized spacial score (nSPS) is 11.4. The molecule has 0 fully saturated rings. The number of methoxy groups -OCH3 is 1. The van der Waals surface area contributed by atoms with Crippen LogP contribution in [0.4, 0.5) is 0 Å². The van der Waals surface area contributed by atoms with Crippen LogP contribution in [0.5, 0.6) is 0 Å². The average molecular weight is 335 g/mol. The van der Waals surface area contributed by atoms with E-state index in [0.717, 1.165) is 10.0 Å². The van der Waals surface area contributed by atoms with Crippen molar-refractivity contribution in [1.82, 2.24) is 5.32 Å². The molecule has 3 nitrogen and oxygen atoms in total. The number of esters is 1. The van der Waals surface area contributed by atoms with Crippen molar-refractivity contribution in [3.8, 4) is 0 Å². The first-order valence-corrected chi connectivity index (χ1v) is 6.77. The van der Waals surface area contributed by atoms with Gasteiger partial charge in [0.25, 0.3) is 0 Å². The fourth-order valence-corrected chi connectivity index (χ4v) is 2.06. The summed E-state index contributed by atoms with van der Waals surface area (Å²) in [6, 6.07) is 5.75. The average Bonchev–Trinajstić information content (AvgIpc) is 2.32. The van der Waals surface area contributed by atoms with Gasteiger partial charge in [0, 0.05) is 17.6 Å². The fourth-order valence-electron chi connectivity index (χ4n) is 1.52. The molecule has 0 radical (unpaired) electrons. The maximum absolute atomic E-state index is 11.5. The van der Waals surface area contributed by atoms with Gasteiger partial charge < -0.3 is 10.1 Å². The highest BCUT2D eigenvalue weighted by Gasteiger charge is 2.27. The number of ether oxygens (including phenoxy) is 1. The largest absolute Gasteiger partial charge is 0.469 e. The van der Waals surface area contributed by atoms with E-state index in [0.29, 0.717) is 18.1 Å². The molecule has 0 amide bonds. The van der Waals surface area contributed by atoms with E-state index < -0.39 is 5.41 Å². The monoisotopic (exact) mass is 333 g/mol. The van der Waals surface area contributed by atoms with Crippen LogP contribution in [0.15, 0.2) is 22.7 Å². The van der Waals surface area contributed by atoms with E-state index in [1.165, 1.54) is 7.11 Å². The summed E-state index contributed by atoms with van der Waals surface area (Å²) >= 11 is 9.30. The highest BCUT2D eigenvalue weighted by molar-refractivity contribution is 9.10. The van der Waals surface area contributed by atoms with E-state index >= 15 is 0 Å². The van der Waals surface area contributed by atoms with Crippen molar-refractivity contribution in [2.45, 2.75) is 20.4 Å². The third kappa shape index (κ3) is 4.26.